The fourth-order valence-corrected chi connectivity index (χ4v) is 5.39. The molecular weight excluding hydrogens is 382 g/mol. The number of thiophene rings is 1. The molecule has 4 rings (SSSR count). The van der Waals surface area contributed by atoms with E-state index in [2.05, 4.69) is 4.90 Å². The number of hydrogen-bond donors (Lipinski definition) is 0. The molecular formula is C19H25N3O5S. The summed E-state index contributed by atoms with van der Waals surface area (Å²) in [4.78, 5) is 42.4. The minimum absolute atomic E-state index is 0.217. The van der Waals surface area contributed by atoms with Crippen LogP contribution in [0.25, 0.3) is 10.2 Å². The van der Waals surface area contributed by atoms with E-state index in [4.69, 9.17) is 9.47 Å². The highest BCUT2D eigenvalue weighted by Crippen LogP contribution is 2.35. The third kappa shape index (κ3) is 3.54. The first-order chi connectivity index (χ1) is 13.6. The number of esters is 1. The molecule has 1 fully saturated rings. The zero-order valence-corrected chi connectivity index (χ0v) is 16.9. The third-order valence-electron chi connectivity index (χ3n) is 5.40. The lowest BCUT2D eigenvalue weighted by atomic mass is 10.2. The highest BCUT2D eigenvalue weighted by Gasteiger charge is 2.25. The van der Waals surface area contributed by atoms with Crippen LogP contribution >= 0.6 is 11.3 Å². The zero-order valence-electron chi connectivity index (χ0n) is 16.1. The van der Waals surface area contributed by atoms with Gasteiger partial charge in [0.05, 0.1) is 25.2 Å². The standard InChI is InChI=1S/C19H25N3O5S/c1-2-27-15(23)12-22-17(24)16-13-4-3-5-14(13)28-18(16)21(19(22)25)7-6-20-8-10-26-11-9-20/h2-12H2,1H3. The predicted molar refractivity (Wildman–Crippen MR) is 106 cm³/mol. The van der Waals surface area contributed by atoms with Crippen molar-refractivity contribution in [3.05, 3.63) is 31.3 Å². The van der Waals surface area contributed by atoms with Crippen molar-refractivity contribution in [1.29, 1.82) is 0 Å². The third-order valence-corrected chi connectivity index (χ3v) is 6.72. The molecule has 0 N–H and O–H groups in total. The number of rotatable bonds is 6. The molecule has 0 radical (unpaired) electrons. The molecule has 2 aromatic rings. The number of fused-ring (bicyclic) bond motifs is 3. The maximum absolute atomic E-state index is 13.1. The fraction of sp³-hybridized carbons (Fsp3) is 0.632. The van der Waals surface area contributed by atoms with Crippen LogP contribution in [-0.2, 0) is 40.2 Å². The van der Waals surface area contributed by atoms with Crippen LogP contribution in [0.5, 0.6) is 0 Å². The Kier molecular flexibility index (Phi) is 5.65. The molecule has 2 aliphatic rings. The molecule has 3 heterocycles. The molecule has 2 aromatic heterocycles. The summed E-state index contributed by atoms with van der Waals surface area (Å²) in [6.45, 7) is 5.83. The van der Waals surface area contributed by atoms with Crippen molar-refractivity contribution in [2.24, 2.45) is 0 Å². The van der Waals surface area contributed by atoms with Crippen molar-refractivity contribution in [1.82, 2.24) is 14.0 Å². The van der Waals surface area contributed by atoms with Gasteiger partial charge >= 0.3 is 11.7 Å². The van der Waals surface area contributed by atoms with Crippen LogP contribution in [0.4, 0.5) is 0 Å². The van der Waals surface area contributed by atoms with Gasteiger partial charge in [0.15, 0.2) is 0 Å². The number of aromatic nitrogens is 2. The summed E-state index contributed by atoms with van der Waals surface area (Å²) in [7, 11) is 0. The van der Waals surface area contributed by atoms with Gasteiger partial charge in [-0.2, -0.15) is 0 Å². The Morgan fingerprint density at radius 2 is 1.93 bits per heavy atom. The highest BCUT2D eigenvalue weighted by atomic mass is 32.1. The second-order valence-corrected chi connectivity index (χ2v) is 8.21. The molecule has 0 unspecified atom stereocenters. The normalized spacial score (nSPS) is 17.2. The van der Waals surface area contributed by atoms with E-state index < -0.39 is 11.7 Å². The maximum Gasteiger partial charge on any atom is 0.332 e. The van der Waals surface area contributed by atoms with Crippen LogP contribution in [0.2, 0.25) is 0 Å². The number of carbonyl (C=O) groups is 1. The lowest BCUT2D eigenvalue weighted by Crippen LogP contribution is -2.44. The van der Waals surface area contributed by atoms with Crippen LogP contribution in [0.1, 0.15) is 23.8 Å². The molecule has 0 amide bonds. The SMILES string of the molecule is CCOC(=O)Cn1c(=O)c2c3c(sc2n(CCN2CCOCC2)c1=O)CCC3. The molecule has 0 bridgehead atoms. The van der Waals surface area contributed by atoms with Gasteiger partial charge in [-0.15, -0.1) is 11.3 Å². The van der Waals surface area contributed by atoms with E-state index in [0.29, 0.717) is 31.7 Å². The quantitative estimate of drug-likeness (QED) is 0.653. The zero-order chi connectivity index (χ0) is 19.7. The lowest BCUT2D eigenvalue weighted by molar-refractivity contribution is -0.143. The first-order valence-electron chi connectivity index (χ1n) is 9.83. The van der Waals surface area contributed by atoms with Crippen molar-refractivity contribution in [3.8, 4) is 0 Å². The molecule has 0 spiro atoms. The first kappa shape index (κ1) is 19.4. The Morgan fingerprint density at radius 3 is 2.68 bits per heavy atom. The maximum atomic E-state index is 13.1. The largest absolute Gasteiger partial charge is 0.465 e. The average Bonchev–Trinajstić information content (AvgIpc) is 3.27. The van der Waals surface area contributed by atoms with Gasteiger partial charge in [-0.3, -0.25) is 19.1 Å². The summed E-state index contributed by atoms with van der Waals surface area (Å²) in [6.07, 6.45) is 2.83. The Balaban J connectivity index is 1.76. The van der Waals surface area contributed by atoms with Gasteiger partial charge in [-0.25, -0.2) is 9.36 Å². The second-order valence-electron chi connectivity index (χ2n) is 7.12. The van der Waals surface area contributed by atoms with Crippen LogP contribution in [-0.4, -0.2) is 59.5 Å². The summed E-state index contributed by atoms with van der Waals surface area (Å²) >= 11 is 1.56. The second kappa shape index (κ2) is 8.18. The number of hydrogen-bond acceptors (Lipinski definition) is 7. The summed E-state index contributed by atoms with van der Waals surface area (Å²) in [6, 6.07) is 0. The van der Waals surface area contributed by atoms with Gasteiger partial charge in [-0.1, -0.05) is 0 Å². The van der Waals surface area contributed by atoms with E-state index in [0.717, 1.165) is 47.3 Å². The van der Waals surface area contributed by atoms with Gasteiger partial charge in [0.25, 0.3) is 5.56 Å². The summed E-state index contributed by atoms with van der Waals surface area (Å²) < 4.78 is 13.1. The van der Waals surface area contributed by atoms with Crippen LogP contribution in [0.15, 0.2) is 9.59 Å². The Labute approximate surface area is 166 Å². The van der Waals surface area contributed by atoms with Gasteiger partial charge in [0.2, 0.25) is 0 Å². The Morgan fingerprint density at radius 1 is 1.14 bits per heavy atom. The van der Waals surface area contributed by atoms with Gasteiger partial charge < -0.3 is 9.47 Å². The molecule has 152 valence electrons. The molecule has 9 heteroatoms. The smallest absolute Gasteiger partial charge is 0.332 e. The average molecular weight is 407 g/mol. The van der Waals surface area contributed by atoms with Crippen LogP contribution in [0, 0.1) is 0 Å². The van der Waals surface area contributed by atoms with E-state index in [-0.39, 0.29) is 18.7 Å². The van der Waals surface area contributed by atoms with E-state index in [9.17, 15) is 14.4 Å². The van der Waals surface area contributed by atoms with Crippen LogP contribution in [0.3, 0.4) is 0 Å². The van der Waals surface area contributed by atoms with Gasteiger partial charge in [0, 0.05) is 31.1 Å². The minimum Gasteiger partial charge on any atom is -0.465 e. The van der Waals surface area contributed by atoms with Crippen molar-refractivity contribution in [3.63, 3.8) is 0 Å². The molecule has 0 atom stereocenters. The summed E-state index contributed by atoms with van der Waals surface area (Å²) in [5, 5.41) is 0.614. The number of ether oxygens (including phenoxy) is 2. The van der Waals surface area contributed by atoms with E-state index in [1.807, 2.05) is 0 Å². The van der Waals surface area contributed by atoms with E-state index in [1.165, 1.54) is 4.88 Å². The Bertz CT molecular complexity index is 1000. The van der Waals surface area contributed by atoms with Gasteiger partial charge in [0.1, 0.15) is 11.4 Å². The van der Waals surface area contributed by atoms with Crippen molar-refractivity contribution < 1.29 is 14.3 Å². The van der Waals surface area contributed by atoms with Gasteiger partial charge in [-0.05, 0) is 31.7 Å². The molecule has 1 saturated heterocycles. The number of aryl methyl sites for hydroxylation is 2. The van der Waals surface area contributed by atoms with Crippen molar-refractivity contribution >= 4 is 27.5 Å². The topological polar surface area (TPSA) is 82.8 Å². The number of carbonyl (C=O) groups excluding carboxylic acids is 1. The molecule has 0 aromatic carbocycles. The minimum atomic E-state index is -0.562. The predicted octanol–water partition coefficient (Wildman–Crippen LogP) is 0.609. The van der Waals surface area contributed by atoms with E-state index in [1.54, 1.807) is 22.8 Å². The summed E-state index contributed by atoms with van der Waals surface area (Å²) in [5.41, 5.74) is 0.261. The van der Waals surface area contributed by atoms with Crippen molar-refractivity contribution in [2.75, 3.05) is 39.5 Å². The molecule has 1 aliphatic carbocycles. The first-order valence-corrected chi connectivity index (χ1v) is 10.7. The number of morpholine rings is 1. The Hall–Kier alpha value is -1.97. The number of nitrogens with zero attached hydrogens (tertiary/aromatic N) is 3. The molecule has 0 saturated carbocycles. The van der Waals surface area contributed by atoms with Crippen molar-refractivity contribution in [2.45, 2.75) is 39.3 Å². The monoisotopic (exact) mass is 407 g/mol. The highest BCUT2D eigenvalue weighted by molar-refractivity contribution is 7.18. The lowest BCUT2D eigenvalue weighted by Gasteiger charge is -2.26. The molecule has 28 heavy (non-hydrogen) atoms. The van der Waals surface area contributed by atoms with E-state index >= 15 is 0 Å². The molecule has 8 nitrogen and oxygen atoms in total. The fourth-order valence-electron chi connectivity index (χ4n) is 3.99. The van der Waals surface area contributed by atoms with Crippen LogP contribution < -0.4 is 11.2 Å². The molecule has 1 aliphatic heterocycles. The summed E-state index contributed by atoms with van der Waals surface area (Å²) in [5.74, 6) is -0.562.